The van der Waals surface area contributed by atoms with Crippen LogP contribution in [0.2, 0.25) is 0 Å². The Morgan fingerprint density at radius 3 is 2.62 bits per heavy atom. The molecule has 0 aliphatic carbocycles. The monoisotopic (exact) mass is 316 g/mol. The maximum atomic E-state index is 12.4. The van der Waals surface area contributed by atoms with Crippen LogP contribution in [0.15, 0.2) is 4.90 Å². The predicted octanol–water partition coefficient (Wildman–Crippen LogP) is 0.00662. The first kappa shape index (κ1) is 15.9. The first-order valence-corrected chi connectivity index (χ1v) is 8.37. The highest BCUT2D eigenvalue weighted by Gasteiger charge is 2.31. The highest BCUT2D eigenvalue weighted by molar-refractivity contribution is 7.89. The molecule has 1 aliphatic rings. The molecule has 0 radical (unpaired) electrons. The van der Waals surface area contributed by atoms with Gasteiger partial charge in [0.05, 0.1) is 11.8 Å². The van der Waals surface area contributed by atoms with Crippen molar-refractivity contribution in [2.45, 2.75) is 37.7 Å². The number of nitrogens with one attached hydrogen (secondary N) is 1. The van der Waals surface area contributed by atoms with Gasteiger partial charge in [-0.05, 0) is 26.7 Å². The Bertz CT molecular complexity index is 617. The van der Waals surface area contributed by atoms with E-state index in [0.717, 1.165) is 12.8 Å². The van der Waals surface area contributed by atoms with Gasteiger partial charge in [-0.15, -0.1) is 0 Å². The first-order chi connectivity index (χ1) is 9.84. The van der Waals surface area contributed by atoms with Crippen LogP contribution < -0.4 is 5.14 Å². The third-order valence-electron chi connectivity index (χ3n) is 3.51. The molecule has 0 spiro atoms. The molecule has 1 fully saturated rings. The summed E-state index contributed by atoms with van der Waals surface area (Å²) >= 11 is 0. The Balaban J connectivity index is 2.16. The molecule has 1 aliphatic heterocycles. The molecular weight excluding hydrogens is 296 g/mol. The molecule has 9 heteroatoms. The molecule has 118 valence electrons. The number of carbonyl (C=O) groups is 1. The molecule has 0 saturated carbocycles. The van der Waals surface area contributed by atoms with Gasteiger partial charge in [-0.2, -0.15) is 5.10 Å². The van der Waals surface area contributed by atoms with Gasteiger partial charge >= 0.3 is 0 Å². The summed E-state index contributed by atoms with van der Waals surface area (Å²) in [6.45, 7) is 5.12. The van der Waals surface area contributed by atoms with E-state index in [0.29, 0.717) is 19.7 Å². The van der Waals surface area contributed by atoms with Crippen molar-refractivity contribution in [2.24, 2.45) is 5.14 Å². The van der Waals surface area contributed by atoms with Crippen molar-refractivity contribution in [3.63, 3.8) is 0 Å². The lowest BCUT2D eigenvalue weighted by Crippen LogP contribution is -2.41. The van der Waals surface area contributed by atoms with Gasteiger partial charge in [0.25, 0.3) is 5.91 Å². The summed E-state index contributed by atoms with van der Waals surface area (Å²) in [6.07, 6.45) is 1.61. The van der Waals surface area contributed by atoms with Crippen molar-refractivity contribution in [1.29, 1.82) is 0 Å². The van der Waals surface area contributed by atoms with Crippen LogP contribution in [0.25, 0.3) is 0 Å². The average molecular weight is 316 g/mol. The average Bonchev–Trinajstić information content (AvgIpc) is 2.81. The Morgan fingerprint density at radius 2 is 2.10 bits per heavy atom. The Morgan fingerprint density at radius 1 is 1.48 bits per heavy atom. The number of hydrogen-bond donors (Lipinski definition) is 2. The van der Waals surface area contributed by atoms with Crippen LogP contribution in [0, 0.1) is 6.92 Å². The number of amides is 1. The SMILES string of the molecule is CCOC1CCN(C(=O)c2n[nH]c(C)c2S(N)(=O)=O)CC1. The quantitative estimate of drug-likeness (QED) is 0.811. The topological polar surface area (TPSA) is 118 Å². The lowest BCUT2D eigenvalue weighted by atomic mass is 10.1. The van der Waals surface area contributed by atoms with Crippen LogP contribution in [-0.4, -0.2) is 55.2 Å². The van der Waals surface area contributed by atoms with Crippen molar-refractivity contribution in [1.82, 2.24) is 15.1 Å². The number of piperidine rings is 1. The van der Waals surface area contributed by atoms with Crippen LogP contribution >= 0.6 is 0 Å². The molecule has 0 bridgehead atoms. The third kappa shape index (κ3) is 3.42. The standard InChI is InChI=1S/C12H20N4O4S/c1-3-20-9-4-6-16(7-5-9)12(17)10-11(21(13,18)19)8(2)14-15-10/h9H,3-7H2,1-2H3,(H,14,15)(H2,13,18,19). The van der Waals surface area contributed by atoms with Crippen LogP contribution in [0.3, 0.4) is 0 Å². The van der Waals surface area contributed by atoms with E-state index in [2.05, 4.69) is 10.2 Å². The van der Waals surface area contributed by atoms with E-state index in [-0.39, 0.29) is 22.4 Å². The second-order valence-electron chi connectivity index (χ2n) is 5.02. The van der Waals surface area contributed by atoms with Crippen LogP contribution in [0.5, 0.6) is 0 Å². The lowest BCUT2D eigenvalue weighted by molar-refractivity contribution is 0.0143. The molecule has 2 heterocycles. The van der Waals surface area contributed by atoms with E-state index in [4.69, 9.17) is 9.88 Å². The van der Waals surface area contributed by atoms with Gasteiger partial charge in [0.1, 0.15) is 4.90 Å². The minimum absolute atomic E-state index is 0.134. The number of rotatable bonds is 4. The molecule has 21 heavy (non-hydrogen) atoms. The van der Waals surface area contributed by atoms with Crippen molar-refractivity contribution in [2.75, 3.05) is 19.7 Å². The lowest BCUT2D eigenvalue weighted by Gasteiger charge is -2.31. The number of nitrogens with two attached hydrogens (primary N) is 1. The van der Waals surface area contributed by atoms with Gasteiger partial charge in [0.15, 0.2) is 5.69 Å². The van der Waals surface area contributed by atoms with Gasteiger partial charge in [-0.1, -0.05) is 0 Å². The number of nitrogens with zero attached hydrogens (tertiary/aromatic N) is 2. The number of hydrogen-bond acceptors (Lipinski definition) is 5. The molecule has 1 aromatic rings. The minimum Gasteiger partial charge on any atom is -0.378 e. The fraction of sp³-hybridized carbons (Fsp3) is 0.667. The number of aromatic nitrogens is 2. The maximum Gasteiger partial charge on any atom is 0.275 e. The predicted molar refractivity (Wildman–Crippen MR) is 75.2 cm³/mol. The van der Waals surface area contributed by atoms with Crippen molar-refractivity contribution < 1.29 is 17.9 Å². The number of ether oxygens (including phenoxy) is 1. The van der Waals surface area contributed by atoms with E-state index in [1.807, 2.05) is 6.92 Å². The number of primary sulfonamides is 1. The molecule has 1 aromatic heterocycles. The van der Waals surface area contributed by atoms with E-state index in [1.165, 1.54) is 6.92 Å². The van der Waals surface area contributed by atoms with Gasteiger partial charge in [-0.3, -0.25) is 9.89 Å². The smallest absolute Gasteiger partial charge is 0.275 e. The number of likely N-dealkylation sites (tertiary alicyclic amines) is 1. The fourth-order valence-corrected chi connectivity index (χ4v) is 3.40. The molecule has 1 amide bonds. The summed E-state index contributed by atoms with van der Waals surface area (Å²) in [7, 11) is -3.99. The minimum atomic E-state index is -3.99. The number of aromatic amines is 1. The molecule has 8 nitrogen and oxygen atoms in total. The zero-order chi connectivity index (χ0) is 15.6. The summed E-state index contributed by atoms with van der Waals surface area (Å²) in [5.41, 5.74) is 0.134. The fourth-order valence-electron chi connectivity index (χ4n) is 2.52. The summed E-state index contributed by atoms with van der Waals surface area (Å²) in [4.78, 5) is 13.8. The highest BCUT2D eigenvalue weighted by Crippen LogP contribution is 2.20. The van der Waals surface area contributed by atoms with Crippen molar-refractivity contribution in [3.05, 3.63) is 11.4 Å². The van der Waals surface area contributed by atoms with Crippen molar-refractivity contribution in [3.8, 4) is 0 Å². The molecular formula is C12H20N4O4S. The third-order valence-corrected chi connectivity index (χ3v) is 4.58. The Hall–Kier alpha value is -1.45. The largest absolute Gasteiger partial charge is 0.378 e. The molecule has 3 N–H and O–H groups in total. The summed E-state index contributed by atoms with van der Waals surface area (Å²) < 4.78 is 28.7. The second-order valence-corrected chi connectivity index (χ2v) is 6.52. The molecule has 0 unspecified atom stereocenters. The highest BCUT2D eigenvalue weighted by atomic mass is 32.2. The molecule has 2 rings (SSSR count). The van der Waals surface area contributed by atoms with E-state index in [1.54, 1.807) is 4.90 Å². The number of carbonyl (C=O) groups excluding carboxylic acids is 1. The van der Waals surface area contributed by atoms with E-state index >= 15 is 0 Å². The molecule has 0 aromatic carbocycles. The van der Waals surface area contributed by atoms with E-state index < -0.39 is 15.9 Å². The number of sulfonamides is 1. The zero-order valence-corrected chi connectivity index (χ0v) is 12.9. The zero-order valence-electron chi connectivity index (χ0n) is 12.1. The van der Waals surface area contributed by atoms with Gasteiger partial charge in [0, 0.05) is 19.7 Å². The first-order valence-electron chi connectivity index (χ1n) is 6.83. The second kappa shape index (κ2) is 6.12. The van der Waals surface area contributed by atoms with Crippen molar-refractivity contribution >= 4 is 15.9 Å². The normalized spacial score (nSPS) is 17.2. The molecule has 0 atom stereocenters. The molecule has 1 saturated heterocycles. The Kier molecular flexibility index (Phi) is 4.64. The van der Waals surface area contributed by atoms with Crippen LogP contribution in [-0.2, 0) is 14.8 Å². The summed E-state index contributed by atoms with van der Waals surface area (Å²) in [6, 6.07) is 0. The van der Waals surface area contributed by atoms with Crippen LogP contribution in [0.4, 0.5) is 0 Å². The number of aryl methyl sites for hydroxylation is 1. The maximum absolute atomic E-state index is 12.4. The summed E-state index contributed by atoms with van der Waals surface area (Å²) in [5.74, 6) is -0.418. The van der Waals surface area contributed by atoms with Crippen LogP contribution in [0.1, 0.15) is 35.9 Å². The number of H-pyrrole nitrogens is 1. The Labute approximate surface area is 123 Å². The van der Waals surface area contributed by atoms with Gasteiger partial charge in [0.2, 0.25) is 10.0 Å². The van der Waals surface area contributed by atoms with Gasteiger partial charge in [-0.25, -0.2) is 13.6 Å². The van der Waals surface area contributed by atoms with E-state index in [9.17, 15) is 13.2 Å². The summed E-state index contributed by atoms with van der Waals surface area (Å²) in [5, 5.41) is 11.5. The van der Waals surface area contributed by atoms with Gasteiger partial charge < -0.3 is 9.64 Å².